The van der Waals surface area contributed by atoms with Crippen LogP contribution in [-0.2, 0) is 0 Å². The van der Waals surface area contributed by atoms with Gasteiger partial charge in [0.2, 0.25) is 0 Å². The molecular formula is C17H26N4O2. The highest BCUT2D eigenvalue weighted by molar-refractivity contribution is 5.98. The minimum absolute atomic E-state index is 0.122. The summed E-state index contributed by atoms with van der Waals surface area (Å²) in [6.07, 6.45) is 0.890. The largest absolute Gasteiger partial charge is 0.345 e. The van der Waals surface area contributed by atoms with E-state index in [2.05, 4.69) is 10.6 Å². The molecule has 1 fully saturated rings. The molecule has 4 N–H and O–H groups in total. The Kier molecular flexibility index (Phi) is 5.26. The molecule has 6 heteroatoms. The van der Waals surface area contributed by atoms with Crippen LogP contribution in [0.25, 0.3) is 0 Å². The molecule has 1 heterocycles. The fourth-order valence-electron chi connectivity index (χ4n) is 2.45. The van der Waals surface area contributed by atoms with E-state index in [1.807, 2.05) is 26.8 Å². The average Bonchev–Trinajstić information content (AvgIpc) is 2.55. The molecule has 1 aliphatic rings. The molecule has 0 bridgehead atoms. The van der Waals surface area contributed by atoms with Crippen LogP contribution in [-0.4, -0.2) is 37.1 Å². The summed E-state index contributed by atoms with van der Waals surface area (Å²) in [7, 11) is 0. The number of hydrogen-bond acceptors (Lipinski definition) is 3. The van der Waals surface area contributed by atoms with Gasteiger partial charge in [-0.2, -0.15) is 0 Å². The fraction of sp³-hybridized carbons (Fsp3) is 0.529. The molecule has 0 spiro atoms. The first-order valence-corrected chi connectivity index (χ1v) is 8.05. The number of hydrogen-bond donors (Lipinski definition) is 3. The molecule has 23 heavy (non-hydrogen) atoms. The first-order chi connectivity index (χ1) is 10.9. The van der Waals surface area contributed by atoms with Gasteiger partial charge in [0.1, 0.15) is 0 Å². The van der Waals surface area contributed by atoms with Crippen LogP contribution in [0.2, 0.25) is 0 Å². The predicted molar refractivity (Wildman–Crippen MR) is 91.6 cm³/mol. The number of urea groups is 1. The molecule has 0 aromatic heterocycles. The van der Waals surface area contributed by atoms with Gasteiger partial charge in [0, 0.05) is 30.9 Å². The van der Waals surface area contributed by atoms with Gasteiger partial charge in [0.25, 0.3) is 5.91 Å². The number of carbonyl (C=O) groups excluding carboxylic acids is 2. The Morgan fingerprint density at radius 2 is 2.22 bits per heavy atom. The lowest BCUT2D eigenvalue weighted by Crippen LogP contribution is -2.55. The monoisotopic (exact) mass is 318 g/mol. The molecule has 3 amide bonds. The van der Waals surface area contributed by atoms with Crippen LogP contribution in [0.3, 0.4) is 0 Å². The van der Waals surface area contributed by atoms with Gasteiger partial charge in [-0.05, 0) is 37.5 Å². The van der Waals surface area contributed by atoms with Crippen molar-refractivity contribution in [2.75, 3.05) is 24.5 Å². The quantitative estimate of drug-likeness (QED) is 0.772. The van der Waals surface area contributed by atoms with Crippen molar-refractivity contribution < 1.29 is 9.59 Å². The molecule has 126 valence electrons. The van der Waals surface area contributed by atoms with E-state index in [4.69, 9.17) is 5.73 Å². The van der Waals surface area contributed by atoms with Crippen LogP contribution in [0.15, 0.2) is 24.3 Å². The van der Waals surface area contributed by atoms with Gasteiger partial charge in [-0.3, -0.25) is 9.69 Å². The summed E-state index contributed by atoms with van der Waals surface area (Å²) in [5, 5.41) is 5.83. The van der Waals surface area contributed by atoms with Gasteiger partial charge in [0.15, 0.2) is 0 Å². The van der Waals surface area contributed by atoms with Gasteiger partial charge in [-0.15, -0.1) is 0 Å². The van der Waals surface area contributed by atoms with E-state index in [-0.39, 0.29) is 17.9 Å². The third kappa shape index (κ3) is 3.82. The Morgan fingerprint density at radius 1 is 1.48 bits per heavy atom. The van der Waals surface area contributed by atoms with Crippen LogP contribution in [0.5, 0.6) is 0 Å². The molecule has 0 aliphatic carbocycles. The molecule has 6 nitrogen and oxygen atoms in total. The molecule has 1 aromatic rings. The molecule has 1 aromatic carbocycles. The lowest BCUT2D eigenvalue weighted by atomic mass is 9.88. The molecule has 1 atom stereocenters. The number of nitrogens with two attached hydrogens (primary N) is 1. The van der Waals surface area contributed by atoms with Crippen LogP contribution in [0.1, 0.15) is 37.6 Å². The molecule has 0 radical (unpaired) electrons. The lowest BCUT2D eigenvalue weighted by Gasteiger charge is -2.33. The van der Waals surface area contributed by atoms with E-state index in [0.29, 0.717) is 25.2 Å². The first kappa shape index (κ1) is 17.3. The Bertz CT molecular complexity index is 588. The second-order valence-corrected chi connectivity index (χ2v) is 6.52. The van der Waals surface area contributed by atoms with Crippen LogP contribution >= 0.6 is 0 Å². The maximum atomic E-state index is 12.6. The van der Waals surface area contributed by atoms with Crippen molar-refractivity contribution in [3.63, 3.8) is 0 Å². The van der Waals surface area contributed by atoms with Crippen molar-refractivity contribution in [3.05, 3.63) is 29.8 Å². The third-order valence-electron chi connectivity index (χ3n) is 4.60. The fourth-order valence-corrected chi connectivity index (χ4v) is 2.45. The first-order valence-electron chi connectivity index (χ1n) is 8.05. The summed E-state index contributed by atoms with van der Waals surface area (Å²) in [5.74, 6) is 0.0402. The summed E-state index contributed by atoms with van der Waals surface area (Å²) in [5.41, 5.74) is 6.62. The SMILES string of the molecule is CC(C)C(C)(CN)NC(=O)c1cccc(N2CCCNC2=O)c1. The van der Waals surface area contributed by atoms with Crippen LogP contribution < -0.4 is 21.3 Å². The standard InChI is InChI=1S/C17H26N4O2/c1-12(2)17(3,11-18)20-15(22)13-6-4-7-14(10-13)21-9-5-8-19-16(21)23/h4,6-7,10,12H,5,8-9,11,18H2,1-3H3,(H,19,23)(H,20,22). The van der Waals surface area contributed by atoms with E-state index in [9.17, 15) is 9.59 Å². The van der Waals surface area contributed by atoms with Crippen molar-refractivity contribution in [2.45, 2.75) is 32.7 Å². The van der Waals surface area contributed by atoms with Gasteiger partial charge in [0.05, 0.1) is 5.54 Å². The Morgan fingerprint density at radius 3 is 2.83 bits per heavy atom. The molecule has 2 rings (SSSR count). The summed E-state index contributed by atoms with van der Waals surface area (Å²) < 4.78 is 0. The Balaban J connectivity index is 2.19. The Labute approximate surface area is 137 Å². The van der Waals surface area contributed by atoms with E-state index >= 15 is 0 Å². The second-order valence-electron chi connectivity index (χ2n) is 6.52. The molecule has 1 saturated heterocycles. The summed E-state index contributed by atoms with van der Waals surface area (Å²) in [4.78, 5) is 26.2. The zero-order valence-electron chi connectivity index (χ0n) is 14.1. The molecule has 1 aliphatic heterocycles. The van der Waals surface area contributed by atoms with E-state index in [0.717, 1.165) is 12.1 Å². The smallest absolute Gasteiger partial charge is 0.321 e. The van der Waals surface area contributed by atoms with Crippen molar-refractivity contribution in [2.24, 2.45) is 11.7 Å². The highest BCUT2D eigenvalue weighted by Crippen LogP contribution is 2.20. The van der Waals surface area contributed by atoms with Gasteiger partial charge < -0.3 is 16.4 Å². The zero-order valence-corrected chi connectivity index (χ0v) is 14.1. The highest BCUT2D eigenvalue weighted by atomic mass is 16.2. The van der Waals surface area contributed by atoms with Crippen molar-refractivity contribution >= 4 is 17.6 Å². The number of benzene rings is 1. The number of amides is 3. The third-order valence-corrected chi connectivity index (χ3v) is 4.60. The maximum Gasteiger partial charge on any atom is 0.321 e. The summed E-state index contributed by atoms with van der Waals surface area (Å²) in [6, 6.07) is 7.01. The predicted octanol–water partition coefficient (Wildman–Crippen LogP) is 1.71. The number of carbonyl (C=O) groups is 2. The number of nitrogens with zero attached hydrogens (tertiary/aromatic N) is 1. The van der Waals surface area contributed by atoms with Gasteiger partial charge in [-0.25, -0.2) is 4.79 Å². The highest BCUT2D eigenvalue weighted by Gasteiger charge is 2.29. The normalized spacial score (nSPS) is 17.6. The minimum atomic E-state index is -0.463. The van der Waals surface area contributed by atoms with Gasteiger partial charge >= 0.3 is 6.03 Å². The van der Waals surface area contributed by atoms with Crippen LogP contribution in [0, 0.1) is 5.92 Å². The van der Waals surface area contributed by atoms with Crippen molar-refractivity contribution in [3.8, 4) is 0 Å². The number of nitrogens with one attached hydrogen (secondary N) is 2. The Hall–Kier alpha value is -2.08. The second kappa shape index (κ2) is 7.00. The molecule has 0 saturated carbocycles. The number of anilines is 1. The maximum absolute atomic E-state index is 12.6. The van der Waals surface area contributed by atoms with Crippen LogP contribution in [0.4, 0.5) is 10.5 Å². The zero-order chi connectivity index (χ0) is 17.0. The van der Waals surface area contributed by atoms with Gasteiger partial charge in [-0.1, -0.05) is 19.9 Å². The van der Waals surface area contributed by atoms with E-state index < -0.39 is 5.54 Å². The topological polar surface area (TPSA) is 87.5 Å². The molecular weight excluding hydrogens is 292 g/mol. The average molecular weight is 318 g/mol. The van der Waals surface area contributed by atoms with Crippen molar-refractivity contribution in [1.29, 1.82) is 0 Å². The minimum Gasteiger partial charge on any atom is -0.345 e. The summed E-state index contributed by atoms with van der Waals surface area (Å²) in [6.45, 7) is 7.72. The lowest BCUT2D eigenvalue weighted by molar-refractivity contribution is 0.0883. The number of rotatable bonds is 5. The van der Waals surface area contributed by atoms with E-state index in [1.165, 1.54) is 0 Å². The molecule has 1 unspecified atom stereocenters. The summed E-state index contributed by atoms with van der Waals surface area (Å²) >= 11 is 0. The van der Waals surface area contributed by atoms with E-state index in [1.54, 1.807) is 23.1 Å². The van der Waals surface area contributed by atoms with Crippen molar-refractivity contribution in [1.82, 2.24) is 10.6 Å².